The molecule has 1 rings (SSSR count). The van der Waals surface area contributed by atoms with Crippen molar-refractivity contribution in [3.05, 3.63) is 35.9 Å². The van der Waals surface area contributed by atoms with Crippen molar-refractivity contribution < 1.29 is 9.84 Å². The second kappa shape index (κ2) is 5.20. The van der Waals surface area contributed by atoms with Crippen LogP contribution in [0.3, 0.4) is 0 Å². The Morgan fingerprint density at radius 3 is 2.73 bits per heavy atom. The highest BCUT2D eigenvalue weighted by molar-refractivity contribution is 6.10. The van der Waals surface area contributed by atoms with E-state index in [0.717, 1.165) is 5.71 Å². The Bertz CT molecular complexity index is 395. The normalized spacial score (nSPS) is 12.1. The summed E-state index contributed by atoms with van der Waals surface area (Å²) in [6.45, 7) is 1.91. The third kappa shape index (κ3) is 2.59. The van der Waals surface area contributed by atoms with E-state index in [1.54, 1.807) is 32.4 Å². The van der Waals surface area contributed by atoms with Gasteiger partial charge >= 0.3 is 0 Å². The zero-order chi connectivity index (χ0) is 11.3. The van der Waals surface area contributed by atoms with Crippen molar-refractivity contribution >= 4 is 5.71 Å². The van der Waals surface area contributed by atoms with Gasteiger partial charge in [0.1, 0.15) is 11.5 Å². The number of ether oxygens (including phenoxy) is 1. The smallest absolute Gasteiger partial charge is 0.125 e. The van der Waals surface area contributed by atoms with Crippen LogP contribution in [-0.4, -0.2) is 25.0 Å². The molecule has 15 heavy (non-hydrogen) atoms. The van der Waals surface area contributed by atoms with Crippen LogP contribution >= 0.6 is 0 Å². The van der Waals surface area contributed by atoms with Crippen LogP contribution in [0.15, 0.2) is 35.3 Å². The van der Waals surface area contributed by atoms with E-state index in [2.05, 4.69) is 4.99 Å². The fourth-order valence-corrected chi connectivity index (χ4v) is 1.29. The average Bonchev–Trinajstić information content (AvgIpc) is 2.27. The minimum atomic E-state index is 0.203. The maximum Gasteiger partial charge on any atom is 0.125 e. The van der Waals surface area contributed by atoms with Crippen LogP contribution in [0, 0.1) is 0 Å². The number of hydrogen-bond donors (Lipinski definition) is 1. The van der Waals surface area contributed by atoms with Crippen molar-refractivity contribution in [2.24, 2.45) is 4.99 Å². The zero-order valence-corrected chi connectivity index (χ0v) is 9.19. The van der Waals surface area contributed by atoms with Gasteiger partial charge in [-0.1, -0.05) is 6.08 Å². The van der Waals surface area contributed by atoms with Crippen molar-refractivity contribution in [1.82, 2.24) is 0 Å². The van der Waals surface area contributed by atoms with Gasteiger partial charge in [-0.25, -0.2) is 0 Å². The summed E-state index contributed by atoms with van der Waals surface area (Å²) in [5.74, 6) is 0.906. The zero-order valence-electron chi connectivity index (χ0n) is 9.19. The Hall–Kier alpha value is -1.77. The van der Waals surface area contributed by atoms with Crippen LogP contribution in [0.1, 0.15) is 12.5 Å². The van der Waals surface area contributed by atoms with Crippen molar-refractivity contribution in [3.63, 3.8) is 0 Å². The molecule has 0 aliphatic carbocycles. The summed E-state index contributed by atoms with van der Waals surface area (Å²) in [5, 5.41) is 9.69. The van der Waals surface area contributed by atoms with Crippen molar-refractivity contribution in [2.75, 3.05) is 14.2 Å². The minimum Gasteiger partial charge on any atom is -0.507 e. The van der Waals surface area contributed by atoms with Gasteiger partial charge in [-0.05, 0) is 31.2 Å². The summed E-state index contributed by atoms with van der Waals surface area (Å²) in [5.41, 5.74) is 1.41. The molecular weight excluding hydrogens is 190 g/mol. The second-order valence-electron chi connectivity index (χ2n) is 2.99. The Balaban J connectivity index is 3.22. The fraction of sp³-hybridized carbons (Fsp3) is 0.250. The molecule has 80 valence electrons. The molecule has 0 radical (unpaired) electrons. The number of phenols is 1. The van der Waals surface area contributed by atoms with Crippen LogP contribution in [0.25, 0.3) is 0 Å². The number of allylic oxidation sites excluding steroid dienone is 2. The molecule has 1 aromatic rings. The lowest BCUT2D eigenvalue weighted by atomic mass is 10.1. The molecule has 0 aliphatic rings. The third-order valence-electron chi connectivity index (χ3n) is 2.05. The highest BCUT2D eigenvalue weighted by atomic mass is 16.5. The first-order chi connectivity index (χ1) is 7.22. The van der Waals surface area contributed by atoms with Crippen LogP contribution in [-0.2, 0) is 0 Å². The van der Waals surface area contributed by atoms with Crippen molar-refractivity contribution in [1.29, 1.82) is 0 Å². The summed E-state index contributed by atoms with van der Waals surface area (Å²) < 4.78 is 5.09. The van der Waals surface area contributed by atoms with Crippen LogP contribution in [0.2, 0.25) is 0 Å². The molecule has 0 unspecified atom stereocenters. The van der Waals surface area contributed by atoms with Gasteiger partial charge < -0.3 is 9.84 Å². The quantitative estimate of drug-likeness (QED) is 0.770. The van der Waals surface area contributed by atoms with Gasteiger partial charge in [0.25, 0.3) is 0 Å². The van der Waals surface area contributed by atoms with Crippen LogP contribution < -0.4 is 4.74 Å². The highest BCUT2D eigenvalue weighted by Gasteiger charge is 2.06. The molecule has 0 amide bonds. The van der Waals surface area contributed by atoms with Gasteiger partial charge in [0.2, 0.25) is 0 Å². The minimum absolute atomic E-state index is 0.203. The molecule has 0 aromatic heterocycles. The molecule has 0 heterocycles. The van der Waals surface area contributed by atoms with E-state index in [1.165, 1.54) is 0 Å². The molecule has 0 saturated heterocycles. The number of aliphatic imine (C=N–C) groups is 1. The van der Waals surface area contributed by atoms with Gasteiger partial charge in [0.05, 0.1) is 12.8 Å². The Morgan fingerprint density at radius 2 is 2.20 bits per heavy atom. The third-order valence-corrected chi connectivity index (χ3v) is 2.05. The fourth-order valence-electron chi connectivity index (χ4n) is 1.29. The van der Waals surface area contributed by atoms with E-state index in [0.29, 0.717) is 11.3 Å². The van der Waals surface area contributed by atoms with E-state index >= 15 is 0 Å². The molecule has 1 aromatic carbocycles. The molecule has 0 atom stereocenters. The Morgan fingerprint density at radius 1 is 1.47 bits per heavy atom. The molecule has 0 saturated carbocycles. The van der Waals surface area contributed by atoms with Crippen LogP contribution in [0.4, 0.5) is 0 Å². The van der Waals surface area contributed by atoms with E-state index < -0.39 is 0 Å². The lowest BCUT2D eigenvalue weighted by Gasteiger charge is -2.06. The lowest BCUT2D eigenvalue weighted by Crippen LogP contribution is -1.98. The van der Waals surface area contributed by atoms with Crippen molar-refractivity contribution in [3.8, 4) is 11.5 Å². The second-order valence-corrected chi connectivity index (χ2v) is 2.99. The number of hydrogen-bond acceptors (Lipinski definition) is 3. The molecule has 0 spiro atoms. The number of methoxy groups -OCH3 is 1. The van der Waals surface area contributed by atoms with E-state index in [9.17, 15) is 5.11 Å². The monoisotopic (exact) mass is 205 g/mol. The largest absolute Gasteiger partial charge is 0.507 e. The van der Waals surface area contributed by atoms with Gasteiger partial charge in [-0.3, -0.25) is 4.99 Å². The lowest BCUT2D eigenvalue weighted by molar-refractivity contribution is 0.412. The van der Waals surface area contributed by atoms with E-state index in [-0.39, 0.29) is 5.75 Å². The Labute approximate surface area is 89.7 Å². The molecule has 1 N–H and O–H groups in total. The van der Waals surface area contributed by atoms with E-state index in [4.69, 9.17) is 4.74 Å². The number of phenolic OH excluding ortho intramolecular Hbond substituents is 1. The van der Waals surface area contributed by atoms with Crippen LogP contribution in [0.5, 0.6) is 11.5 Å². The molecule has 0 aliphatic heterocycles. The van der Waals surface area contributed by atoms with Crippen molar-refractivity contribution in [2.45, 2.75) is 6.92 Å². The average molecular weight is 205 g/mol. The number of aromatic hydroxyl groups is 1. The molecule has 0 bridgehead atoms. The van der Waals surface area contributed by atoms with E-state index in [1.807, 2.05) is 19.1 Å². The number of rotatable bonds is 3. The first kappa shape index (κ1) is 11.3. The van der Waals surface area contributed by atoms with Gasteiger partial charge in [-0.15, -0.1) is 0 Å². The highest BCUT2D eigenvalue weighted by Crippen LogP contribution is 2.23. The first-order valence-electron chi connectivity index (χ1n) is 4.69. The number of nitrogens with zero attached hydrogens (tertiary/aromatic N) is 1. The summed E-state index contributed by atoms with van der Waals surface area (Å²) in [7, 11) is 3.28. The van der Waals surface area contributed by atoms with Gasteiger partial charge in [0, 0.05) is 12.6 Å². The first-order valence-corrected chi connectivity index (χ1v) is 4.69. The Kier molecular flexibility index (Phi) is 3.92. The number of benzene rings is 1. The maximum absolute atomic E-state index is 9.69. The molecule has 0 fully saturated rings. The summed E-state index contributed by atoms with van der Waals surface area (Å²) in [6.07, 6.45) is 3.72. The summed E-state index contributed by atoms with van der Waals surface area (Å²) in [4.78, 5) is 4.10. The maximum atomic E-state index is 9.69. The predicted molar refractivity (Wildman–Crippen MR) is 61.9 cm³/mol. The summed E-state index contributed by atoms with van der Waals surface area (Å²) in [6, 6.07) is 5.07. The van der Waals surface area contributed by atoms with Gasteiger partial charge in [0.15, 0.2) is 0 Å². The molecule has 3 heteroatoms. The predicted octanol–water partition coefficient (Wildman–Crippen LogP) is 2.40. The van der Waals surface area contributed by atoms with Gasteiger partial charge in [-0.2, -0.15) is 0 Å². The SMILES string of the molecule is C/C=C\C(=NC)c1cc(OC)ccc1O. The standard InChI is InChI=1S/C12H15NO2/c1-4-5-11(13-2)10-8-9(15-3)6-7-12(10)14/h4-8,14H,1-3H3/b5-4-,13-11?. The topological polar surface area (TPSA) is 41.8 Å². The molecule has 3 nitrogen and oxygen atoms in total. The molecular formula is C12H15NO2. The summed E-state index contributed by atoms with van der Waals surface area (Å²) >= 11 is 0.